The van der Waals surface area contributed by atoms with Gasteiger partial charge in [0.15, 0.2) is 6.61 Å². The lowest BCUT2D eigenvalue weighted by Crippen LogP contribution is -2.29. The third kappa shape index (κ3) is 4.73. The predicted molar refractivity (Wildman–Crippen MR) is 83.2 cm³/mol. The molecule has 0 saturated heterocycles. The predicted octanol–water partition coefficient (Wildman–Crippen LogP) is 1.77. The molecule has 1 aromatic heterocycles. The van der Waals surface area contributed by atoms with E-state index in [-0.39, 0.29) is 0 Å². The Bertz CT molecular complexity index is 653. The van der Waals surface area contributed by atoms with Gasteiger partial charge in [-0.05, 0) is 30.7 Å². The van der Waals surface area contributed by atoms with Gasteiger partial charge in [0.25, 0.3) is 5.91 Å². The van der Waals surface area contributed by atoms with E-state index in [0.717, 1.165) is 25.0 Å². The molecule has 1 heterocycles. The molecule has 2 amide bonds. The van der Waals surface area contributed by atoms with E-state index in [4.69, 9.17) is 5.73 Å². The van der Waals surface area contributed by atoms with E-state index in [1.165, 1.54) is 10.8 Å². The van der Waals surface area contributed by atoms with Crippen LogP contribution < -0.4 is 11.1 Å². The third-order valence-corrected chi connectivity index (χ3v) is 3.21. The molecule has 3 N–H and O–H groups in total. The fraction of sp³-hybridized carbons (Fsp3) is 0.312. The van der Waals surface area contributed by atoms with Crippen molar-refractivity contribution in [2.24, 2.45) is 5.73 Å². The molecule has 0 radical (unpaired) electrons. The monoisotopic (exact) mass is 301 g/mol. The summed E-state index contributed by atoms with van der Waals surface area (Å²) in [5.74, 6) is -0.669. The Labute approximate surface area is 128 Å². The summed E-state index contributed by atoms with van der Waals surface area (Å²) in [6, 6.07) is 10.1. The van der Waals surface area contributed by atoms with Crippen LogP contribution in [0, 0.1) is 0 Å². The fourth-order valence-electron chi connectivity index (χ4n) is 2.18. The third-order valence-electron chi connectivity index (χ3n) is 3.21. The number of carbonyl (C=O) groups is 2. The standard InChI is InChI=1S/C16H19N3O3/c17-15(20)11-22-16(21)19-9-4-3-7-14-13-6-2-1-5-12(13)8-10-18-14/h1-2,5-6,8,10H,3-4,7,9,11H2,(H2,17,20)(H,19,21). The van der Waals surface area contributed by atoms with Crippen LogP contribution in [0.4, 0.5) is 4.79 Å². The van der Waals surface area contributed by atoms with Crippen molar-refractivity contribution < 1.29 is 14.3 Å². The van der Waals surface area contributed by atoms with E-state index in [9.17, 15) is 9.59 Å². The summed E-state index contributed by atoms with van der Waals surface area (Å²) in [6.45, 7) is 0.0914. The first-order valence-corrected chi connectivity index (χ1v) is 7.18. The van der Waals surface area contributed by atoms with E-state index in [1.54, 1.807) is 0 Å². The Hall–Kier alpha value is -2.63. The van der Waals surface area contributed by atoms with Crippen LogP contribution in [0.1, 0.15) is 18.5 Å². The van der Waals surface area contributed by atoms with Crippen LogP contribution in [0.25, 0.3) is 10.8 Å². The quantitative estimate of drug-likeness (QED) is 0.762. The maximum atomic E-state index is 11.2. The van der Waals surface area contributed by atoms with E-state index in [0.29, 0.717) is 6.54 Å². The van der Waals surface area contributed by atoms with Gasteiger partial charge in [0.2, 0.25) is 0 Å². The van der Waals surface area contributed by atoms with E-state index < -0.39 is 18.6 Å². The molecular formula is C16H19N3O3. The summed E-state index contributed by atoms with van der Waals surface area (Å²) in [4.78, 5) is 26.1. The maximum absolute atomic E-state index is 11.2. The number of unbranched alkanes of at least 4 members (excludes halogenated alkanes) is 1. The first-order chi connectivity index (χ1) is 10.7. The van der Waals surface area contributed by atoms with E-state index >= 15 is 0 Å². The van der Waals surface area contributed by atoms with Crippen LogP contribution in [0.3, 0.4) is 0 Å². The number of aromatic nitrogens is 1. The number of ether oxygens (including phenoxy) is 1. The van der Waals surface area contributed by atoms with Crippen LogP contribution in [0.5, 0.6) is 0 Å². The average molecular weight is 301 g/mol. The molecule has 2 aromatic rings. The zero-order chi connectivity index (χ0) is 15.8. The second-order valence-corrected chi connectivity index (χ2v) is 4.91. The molecule has 6 heteroatoms. The molecule has 0 bridgehead atoms. The number of carbonyl (C=O) groups excluding carboxylic acids is 2. The van der Waals surface area contributed by atoms with Crippen molar-refractivity contribution in [2.45, 2.75) is 19.3 Å². The smallest absolute Gasteiger partial charge is 0.407 e. The summed E-state index contributed by atoms with van der Waals surface area (Å²) < 4.78 is 4.59. The number of nitrogens with zero attached hydrogens (tertiary/aromatic N) is 1. The van der Waals surface area contributed by atoms with Crippen molar-refractivity contribution in [3.63, 3.8) is 0 Å². The van der Waals surface area contributed by atoms with Gasteiger partial charge in [-0.25, -0.2) is 4.79 Å². The maximum Gasteiger partial charge on any atom is 0.407 e. The molecule has 0 saturated carbocycles. The van der Waals surface area contributed by atoms with Crippen LogP contribution in [0.2, 0.25) is 0 Å². The van der Waals surface area contributed by atoms with Gasteiger partial charge in [-0.15, -0.1) is 0 Å². The van der Waals surface area contributed by atoms with Gasteiger partial charge in [-0.1, -0.05) is 24.3 Å². The molecule has 0 unspecified atom stereocenters. The van der Waals surface area contributed by atoms with Gasteiger partial charge >= 0.3 is 6.09 Å². The number of primary amides is 1. The number of amides is 2. The zero-order valence-electron chi connectivity index (χ0n) is 12.2. The Morgan fingerprint density at radius 3 is 2.82 bits per heavy atom. The van der Waals surface area contributed by atoms with Crippen LogP contribution in [-0.4, -0.2) is 30.1 Å². The molecular weight excluding hydrogens is 282 g/mol. The first kappa shape index (κ1) is 15.8. The van der Waals surface area contributed by atoms with Crippen molar-refractivity contribution in [1.29, 1.82) is 0 Å². The van der Waals surface area contributed by atoms with Crippen molar-refractivity contribution in [2.75, 3.05) is 13.2 Å². The molecule has 116 valence electrons. The van der Waals surface area contributed by atoms with Gasteiger partial charge in [-0.2, -0.15) is 0 Å². The number of benzene rings is 1. The summed E-state index contributed by atoms with van der Waals surface area (Å²) in [6.07, 6.45) is 3.74. The molecule has 0 spiro atoms. The van der Waals surface area contributed by atoms with Gasteiger partial charge < -0.3 is 15.8 Å². The Kier molecular flexibility index (Phi) is 5.71. The van der Waals surface area contributed by atoms with E-state index in [1.807, 2.05) is 24.4 Å². The van der Waals surface area contributed by atoms with Crippen molar-refractivity contribution in [1.82, 2.24) is 10.3 Å². The minimum Gasteiger partial charge on any atom is -0.439 e. The lowest BCUT2D eigenvalue weighted by Gasteiger charge is -2.07. The SMILES string of the molecule is NC(=O)COC(=O)NCCCCc1nccc2ccccc12. The number of nitrogens with one attached hydrogen (secondary N) is 1. The second-order valence-electron chi connectivity index (χ2n) is 4.91. The number of pyridine rings is 1. The minimum atomic E-state index is -0.669. The molecule has 22 heavy (non-hydrogen) atoms. The summed E-state index contributed by atoms with van der Waals surface area (Å²) >= 11 is 0. The van der Waals surface area contributed by atoms with Gasteiger partial charge in [0.1, 0.15) is 0 Å². The number of fused-ring (bicyclic) bond motifs is 1. The van der Waals surface area contributed by atoms with Crippen molar-refractivity contribution in [3.05, 3.63) is 42.2 Å². The molecule has 0 fully saturated rings. The summed E-state index contributed by atoms with van der Waals surface area (Å²) in [7, 11) is 0. The van der Waals surface area contributed by atoms with E-state index in [2.05, 4.69) is 27.2 Å². The number of rotatable bonds is 7. The van der Waals surface area contributed by atoms with Gasteiger partial charge in [-0.3, -0.25) is 9.78 Å². The lowest BCUT2D eigenvalue weighted by molar-refractivity contribution is -0.120. The zero-order valence-corrected chi connectivity index (χ0v) is 12.2. The number of alkyl carbamates (subject to hydrolysis) is 1. The normalized spacial score (nSPS) is 10.4. The lowest BCUT2D eigenvalue weighted by atomic mass is 10.1. The van der Waals surface area contributed by atoms with Crippen LogP contribution >= 0.6 is 0 Å². The Balaban J connectivity index is 1.72. The highest BCUT2D eigenvalue weighted by atomic mass is 16.6. The van der Waals surface area contributed by atoms with Crippen molar-refractivity contribution in [3.8, 4) is 0 Å². The Morgan fingerprint density at radius 1 is 1.18 bits per heavy atom. The topological polar surface area (TPSA) is 94.3 Å². The summed E-state index contributed by atoms with van der Waals surface area (Å²) in [5.41, 5.74) is 5.94. The first-order valence-electron chi connectivity index (χ1n) is 7.18. The molecule has 1 aromatic carbocycles. The minimum absolute atomic E-state index is 0.397. The van der Waals surface area contributed by atoms with Crippen LogP contribution in [0.15, 0.2) is 36.5 Å². The Morgan fingerprint density at radius 2 is 2.00 bits per heavy atom. The number of hydrogen-bond donors (Lipinski definition) is 2. The largest absolute Gasteiger partial charge is 0.439 e. The highest BCUT2D eigenvalue weighted by molar-refractivity contribution is 5.84. The second kappa shape index (κ2) is 7.97. The number of aryl methyl sites for hydroxylation is 1. The van der Waals surface area contributed by atoms with Crippen LogP contribution in [-0.2, 0) is 16.0 Å². The molecule has 0 aliphatic carbocycles. The molecule has 6 nitrogen and oxygen atoms in total. The average Bonchev–Trinajstić information content (AvgIpc) is 2.52. The molecule has 0 aliphatic rings. The highest BCUT2D eigenvalue weighted by Gasteiger charge is 2.04. The molecule has 2 rings (SSSR count). The fourth-order valence-corrected chi connectivity index (χ4v) is 2.18. The number of nitrogens with two attached hydrogens (primary N) is 1. The van der Waals surface area contributed by atoms with Gasteiger partial charge in [0, 0.05) is 23.8 Å². The van der Waals surface area contributed by atoms with Crippen molar-refractivity contribution >= 4 is 22.8 Å². The molecule has 0 aliphatic heterocycles. The number of hydrogen-bond acceptors (Lipinski definition) is 4. The molecule has 0 atom stereocenters. The summed E-state index contributed by atoms with van der Waals surface area (Å²) in [5, 5.41) is 4.92. The van der Waals surface area contributed by atoms with Gasteiger partial charge in [0.05, 0.1) is 0 Å². The highest BCUT2D eigenvalue weighted by Crippen LogP contribution is 2.17.